The SMILES string of the molecule is Cc1cc(S(=O)(=O)N(C)c2cccc(O)c2)ccc1N. The molecule has 0 aliphatic carbocycles. The average molecular weight is 292 g/mol. The van der Waals surface area contributed by atoms with Crippen LogP contribution in [0.4, 0.5) is 11.4 Å². The third kappa shape index (κ3) is 2.55. The molecule has 0 spiro atoms. The first-order valence-electron chi connectivity index (χ1n) is 5.96. The van der Waals surface area contributed by atoms with Crippen LogP contribution < -0.4 is 10.0 Å². The molecule has 6 heteroatoms. The van der Waals surface area contributed by atoms with Gasteiger partial charge in [-0.05, 0) is 42.8 Å². The molecule has 20 heavy (non-hydrogen) atoms. The topological polar surface area (TPSA) is 83.6 Å². The summed E-state index contributed by atoms with van der Waals surface area (Å²) in [5.74, 6) is 0.0121. The van der Waals surface area contributed by atoms with Gasteiger partial charge in [0.25, 0.3) is 10.0 Å². The third-order valence-electron chi connectivity index (χ3n) is 3.09. The van der Waals surface area contributed by atoms with Crippen LogP contribution in [0.15, 0.2) is 47.4 Å². The van der Waals surface area contributed by atoms with Gasteiger partial charge >= 0.3 is 0 Å². The maximum atomic E-state index is 12.5. The van der Waals surface area contributed by atoms with Crippen LogP contribution in [-0.2, 0) is 10.0 Å². The van der Waals surface area contributed by atoms with Crippen molar-refractivity contribution in [3.8, 4) is 5.75 Å². The third-order valence-corrected chi connectivity index (χ3v) is 4.87. The van der Waals surface area contributed by atoms with Gasteiger partial charge in [0.1, 0.15) is 5.75 Å². The molecular formula is C14H16N2O3S. The molecule has 0 aromatic heterocycles. The van der Waals surface area contributed by atoms with Gasteiger partial charge in [0.2, 0.25) is 0 Å². The molecule has 0 unspecified atom stereocenters. The maximum Gasteiger partial charge on any atom is 0.264 e. The summed E-state index contributed by atoms with van der Waals surface area (Å²) in [5.41, 5.74) is 7.34. The molecule has 0 radical (unpaired) electrons. The summed E-state index contributed by atoms with van der Waals surface area (Å²) in [5, 5.41) is 9.44. The average Bonchev–Trinajstić information content (AvgIpc) is 2.40. The quantitative estimate of drug-likeness (QED) is 0.849. The van der Waals surface area contributed by atoms with Crippen LogP contribution in [0.5, 0.6) is 5.75 Å². The highest BCUT2D eigenvalue weighted by Gasteiger charge is 2.21. The van der Waals surface area contributed by atoms with Crippen LogP contribution in [0, 0.1) is 6.92 Å². The lowest BCUT2D eigenvalue weighted by Gasteiger charge is -2.20. The van der Waals surface area contributed by atoms with Crippen LogP contribution >= 0.6 is 0 Å². The Hall–Kier alpha value is -2.21. The van der Waals surface area contributed by atoms with Gasteiger partial charge in [-0.3, -0.25) is 4.31 Å². The van der Waals surface area contributed by atoms with Crippen molar-refractivity contribution in [2.24, 2.45) is 0 Å². The number of rotatable bonds is 3. The number of anilines is 2. The van der Waals surface area contributed by atoms with Crippen LogP contribution in [0.2, 0.25) is 0 Å². The van der Waals surface area contributed by atoms with Crippen molar-refractivity contribution < 1.29 is 13.5 Å². The fraction of sp³-hybridized carbons (Fsp3) is 0.143. The minimum absolute atomic E-state index is 0.0121. The van der Waals surface area contributed by atoms with Crippen molar-refractivity contribution in [2.75, 3.05) is 17.1 Å². The normalized spacial score (nSPS) is 11.3. The lowest BCUT2D eigenvalue weighted by atomic mass is 10.2. The molecule has 2 aromatic carbocycles. The van der Waals surface area contributed by atoms with Gasteiger partial charge in [-0.25, -0.2) is 8.42 Å². The number of hydrogen-bond acceptors (Lipinski definition) is 4. The molecule has 0 saturated carbocycles. The molecule has 0 aliphatic rings. The van der Waals surface area contributed by atoms with Crippen molar-refractivity contribution in [2.45, 2.75) is 11.8 Å². The van der Waals surface area contributed by atoms with E-state index in [1.807, 2.05) is 0 Å². The highest BCUT2D eigenvalue weighted by atomic mass is 32.2. The van der Waals surface area contributed by atoms with Crippen LogP contribution in [-0.4, -0.2) is 20.6 Å². The van der Waals surface area contributed by atoms with E-state index in [1.54, 1.807) is 25.1 Å². The molecule has 2 aromatic rings. The van der Waals surface area contributed by atoms with E-state index in [1.165, 1.54) is 31.3 Å². The van der Waals surface area contributed by atoms with Crippen molar-refractivity contribution in [3.05, 3.63) is 48.0 Å². The Morgan fingerprint density at radius 2 is 1.85 bits per heavy atom. The summed E-state index contributed by atoms with van der Waals surface area (Å²) in [4.78, 5) is 0.162. The predicted octanol–water partition coefficient (Wildman–Crippen LogP) is 2.11. The Labute approximate surface area is 118 Å². The number of aryl methyl sites for hydroxylation is 1. The summed E-state index contributed by atoms with van der Waals surface area (Å²) in [6.45, 7) is 1.75. The van der Waals surface area contributed by atoms with Crippen molar-refractivity contribution >= 4 is 21.4 Å². The second kappa shape index (κ2) is 5.05. The monoisotopic (exact) mass is 292 g/mol. The van der Waals surface area contributed by atoms with E-state index in [4.69, 9.17) is 5.73 Å². The minimum Gasteiger partial charge on any atom is -0.508 e. The fourth-order valence-corrected chi connectivity index (χ4v) is 3.07. The summed E-state index contributed by atoms with van der Waals surface area (Å²) in [7, 11) is -2.24. The molecule has 0 aliphatic heterocycles. The zero-order chi connectivity index (χ0) is 14.9. The first-order chi connectivity index (χ1) is 9.32. The van der Waals surface area contributed by atoms with E-state index < -0.39 is 10.0 Å². The lowest BCUT2D eigenvalue weighted by Crippen LogP contribution is -2.26. The van der Waals surface area contributed by atoms with E-state index in [0.717, 1.165) is 4.31 Å². The van der Waals surface area contributed by atoms with Gasteiger partial charge in [0.05, 0.1) is 10.6 Å². The number of nitrogen functional groups attached to an aromatic ring is 1. The summed E-state index contributed by atoms with van der Waals surface area (Å²) in [6.07, 6.45) is 0. The number of phenolic OH excluding ortho intramolecular Hbond substituents is 1. The predicted molar refractivity (Wildman–Crippen MR) is 79.3 cm³/mol. The molecular weight excluding hydrogens is 276 g/mol. The van der Waals surface area contributed by atoms with E-state index in [9.17, 15) is 13.5 Å². The molecule has 3 N–H and O–H groups in total. The smallest absolute Gasteiger partial charge is 0.264 e. The van der Waals surface area contributed by atoms with E-state index in [0.29, 0.717) is 16.9 Å². The Balaban J connectivity index is 2.46. The first-order valence-corrected chi connectivity index (χ1v) is 7.40. The number of nitrogens with two attached hydrogens (primary N) is 1. The zero-order valence-electron chi connectivity index (χ0n) is 11.2. The Bertz CT molecular complexity index is 742. The highest BCUT2D eigenvalue weighted by molar-refractivity contribution is 7.92. The van der Waals surface area contributed by atoms with E-state index in [2.05, 4.69) is 0 Å². The number of sulfonamides is 1. The largest absolute Gasteiger partial charge is 0.508 e. The number of nitrogens with zero attached hydrogens (tertiary/aromatic N) is 1. The second-order valence-corrected chi connectivity index (χ2v) is 6.48. The van der Waals surface area contributed by atoms with Crippen LogP contribution in [0.25, 0.3) is 0 Å². The number of phenols is 1. The molecule has 2 rings (SSSR count). The Morgan fingerprint density at radius 3 is 2.45 bits per heavy atom. The van der Waals surface area contributed by atoms with Crippen molar-refractivity contribution in [3.63, 3.8) is 0 Å². The summed E-state index contributed by atoms with van der Waals surface area (Å²) in [6, 6.07) is 10.6. The van der Waals surface area contributed by atoms with Gasteiger partial charge < -0.3 is 10.8 Å². The standard InChI is InChI=1S/C14H16N2O3S/c1-10-8-13(6-7-14(10)15)20(18,19)16(2)11-4-3-5-12(17)9-11/h3-9,17H,15H2,1-2H3. The van der Waals surface area contributed by atoms with E-state index >= 15 is 0 Å². The highest BCUT2D eigenvalue weighted by Crippen LogP contribution is 2.26. The molecule has 0 saturated heterocycles. The molecule has 0 atom stereocenters. The number of benzene rings is 2. The van der Waals surface area contributed by atoms with E-state index in [-0.39, 0.29) is 10.6 Å². The second-order valence-electron chi connectivity index (χ2n) is 4.51. The molecule has 0 fully saturated rings. The lowest BCUT2D eigenvalue weighted by molar-refractivity contribution is 0.475. The fourth-order valence-electron chi connectivity index (χ4n) is 1.79. The maximum absolute atomic E-state index is 12.5. The van der Waals surface area contributed by atoms with Gasteiger partial charge in [0, 0.05) is 18.8 Å². The Kier molecular flexibility index (Phi) is 3.59. The number of aromatic hydroxyl groups is 1. The van der Waals surface area contributed by atoms with Gasteiger partial charge in [-0.2, -0.15) is 0 Å². The minimum atomic E-state index is -3.68. The molecule has 0 bridgehead atoms. The van der Waals surface area contributed by atoms with Crippen LogP contribution in [0.1, 0.15) is 5.56 Å². The van der Waals surface area contributed by atoms with Gasteiger partial charge in [-0.15, -0.1) is 0 Å². The van der Waals surface area contributed by atoms with Crippen molar-refractivity contribution in [1.29, 1.82) is 0 Å². The molecule has 5 nitrogen and oxygen atoms in total. The molecule has 106 valence electrons. The van der Waals surface area contributed by atoms with Crippen molar-refractivity contribution in [1.82, 2.24) is 0 Å². The van der Waals surface area contributed by atoms with Crippen LogP contribution in [0.3, 0.4) is 0 Å². The first kappa shape index (κ1) is 14.2. The Morgan fingerprint density at radius 1 is 1.15 bits per heavy atom. The number of hydrogen-bond donors (Lipinski definition) is 2. The zero-order valence-corrected chi connectivity index (χ0v) is 12.1. The molecule has 0 amide bonds. The summed E-state index contributed by atoms with van der Waals surface area (Å²) < 4.78 is 26.1. The molecule has 0 heterocycles. The summed E-state index contributed by atoms with van der Waals surface area (Å²) >= 11 is 0. The van der Waals surface area contributed by atoms with Gasteiger partial charge in [0.15, 0.2) is 0 Å². The van der Waals surface area contributed by atoms with Gasteiger partial charge in [-0.1, -0.05) is 6.07 Å².